The molecule has 1 saturated carbocycles. The van der Waals surface area contributed by atoms with Crippen molar-refractivity contribution in [2.24, 2.45) is 0 Å². The third-order valence-corrected chi connectivity index (χ3v) is 7.83. The van der Waals surface area contributed by atoms with E-state index in [1.54, 1.807) is 43.4 Å². The molecule has 33 heavy (non-hydrogen) atoms. The summed E-state index contributed by atoms with van der Waals surface area (Å²) in [5, 5.41) is 2.58. The number of anilines is 2. The van der Waals surface area contributed by atoms with E-state index in [1.165, 1.54) is 16.4 Å². The second-order valence-corrected chi connectivity index (χ2v) is 10.3. The summed E-state index contributed by atoms with van der Waals surface area (Å²) in [5.41, 5.74) is 1.42. The molecule has 2 aromatic rings. The molecule has 1 fully saturated rings. The number of rotatable bonds is 8. The molecule has 0 atom stereocenters. The van der Waals surface area contributed by atoms with E-state index < -0.39 is 28.5 Å². The Morgan fingerprint density at radius 1 is 0.970 bits per heavy atom. The van der Waals surface area contributed by atoms with Crippen LogP contribution in [0.25, 0.3) is 0 Å². The minimum atomic E-state index is -3.79. The molecule has 2 aromatic carbocycles. The van der Waals surface area contributed by atoms with Gasteiger partial charge in [-0.3, -0.25) is 4.79 Å². The number of hydrogen-bond donors (Lipinski definition) is 1. The van der Waals surface area contributed by atoms with Gasteiger partial charge < -0.3 is 15.0 Å². The van der Waals surface area contributed by atoms with Crippen LogP contribution >= 0.6 is 0 Å². The molecule has 0 radical (unpaired) electrons. The molecule has 3 rings (SSSR count). The van der Waals surface area contributed by atoms with Crippen LogP contribution in [0, 0.1) is 0 Å². The minimum absolute atomic E-state index is 0.0250. The largest absolute Gasteiger partial charge is 0.452 e. The molecule has 0 heterocycles. The molecule has 178 valence electrons. The number of sulfonamides is 1. The van der Waals surface area contributed by atoms with Gasteiger partial charge in [-0.1, -0.05) is 31.4 Å². The maximum atomic E-state index is 13.2. The SMILES string of the molecule is CN(C)c1ccc(C(=O)OCC(=O)Nc2ccccc2S(=O)(=O)N(C)C2CCCCC2)cc1. The van der Waals surface area contributed by atoms with Crippen molar-refractivity contribution < 1.29 is 22.7 Å². The van der Waals surface area contributed by atoms with Gasteiger partial charge in [0.25, 0.3) is 5.91 Å². The summed E-state index contributed by atoms with van der Waals surface area (Å²) in [4.78, 5) is 26.6. The van der Waals surface area contributed by atoms with Gasteiger partial charge in [-0.15, -0.1) is 0 Å². The Morgan fingerprint density at radius 3 is 2.24 bits per heavy atom. The van der Waals surface area contributed by atoms with Gasteiger partial charge in [-0.05, 0) is 49.2 Å². The molecule has 9 heteroatoms. The highest BCUT2D eigenvalue weighted by Crippen LogP contribution is 2.29. The second kappa shape index (κ2) is 10.8. The zero-order valence-electron chi connectivity index (χ0n) is 19.3. The summed E-state index contributed by atoms with van der Waals surface area (Å²) < 4.78 is 33.0. The molecule has 0 spiro atoms. The first kappa shape index (κ1) is 24.7. The van der Waals surface area contributed by atoms with Crippen molar-refractivity contribution in [3.05, 3.63) is 54.1 Å². The van der Waals surface area contributed by atoms with Crippen molar-refractivity contribution in [1.82, 2.24) is 4.31 Å². The normalized spacial score (nSPS) is 14.7. The van der Waals surface area contributed by atoms with Gasteiger partial charge in [0, 0.05) is 32.9 Å². The standard InChI is InChI=1S/C24H31N3O5S/c1-26(2)19-15-13-18(14-16-19)24(29)32-17-23(28)25-21-11-7-8-12-22(21)33(30,31)27(3)20-9-5-4-6-10-20/h7-8,11-16,20H,4-6,9-10,17H2,1-3H3,(H,25,28). The summed E-state index contributed by atoms with van der Waals surface area (Å²) in [5.74, 6) is -1.25. The molecular weight excluding hydrogens is 442 g/mol. The topological polar surface area (TPSA) is 96.0 Å². The van der Waals surface area contributed by atoms with Gasteiger partial charge in [0.15, 0.2) is 6.61 Å². The summed E-state index contributed by atoms with van der Waals surface area (Å²) in [7, 11) is 1.58. The Balaban J connectivity index is 1.65. The van der Waals surface area contributed by atoms with Crippen LogP contribution in [0.3, 0.4) is 0 Å². The van der Waals surface area contributed by atoms with Crippen LogP contribution in [0.5, 0.6) is 0 Å². The highest BCUT2D eigenvalue weighted by molar-refractivity contribution is 7.89. The Labute approximate surface area is 195 Å². The zero-order valence-corrected chi connectivity index (χ0v) is 20.1. The lowest BCUT2D eigenvalue weighted by Crippen LogP contribution is -2.38. The predicted octanol–water partition coefficient (Wildman–Crippen LogP) is 3.50. The minimum Gasteiger partial charge on any atom is -0.452 e. The number of benzene rings is 2. The Morgan fingerprint density at radius 2 is 1.61 bits per heavy atom. The number of esters is 1. The van der Waals surface area contributed by atoms with Crippen molar-refractivity contribution in [2.45, 2.75) is 43.0 Å². The number of hydrogen-bond acceptors (Lipinski definition) is 6. The number of carbonyl (C=O) groups is 2. The molecular formula is C24H31N3O5S. The summed E-state index contributed by atoms with van der Waals surface area (Å²) in [6, 6.07) is 13.0. The van der Waals surface area contributed by atoms with Crippen LogP contribution < -0.4 is 10.2 Å². The Bertz CT molecular complexity index is 1080. The number of nitrogens with zero attached hydrogens (tertiary/aromatic N) is 2. The van der Waals surface area contributed by atoms with Crippen LogP contribution in [-0.2, 0) is 19.6 Å². The van der Waals surface area contributed by atoms with E-state index in [0.29, 0.717) is 5.56 Å². The first-order chi connectivity index (χ1) is 15.7. The number of para-hydroxylation sites is 1. The first-order valence-corrected chi connectivity index (χ1v) is 12.5. The average Bonchev–Trinajstić information content (AvgIpc) is 2.83. The van der Waals surface area contributed by atoms with Gasteiger partial charge >= 0.3 is 5.97 Å². The fourth-order valence-electron chi connectivity index (χ4n) is 3.89. The summed E-state index contributed by atoms with van der Waals surface area (Å²) >= 11 is 0. The van der Waals surface area contributed by atoms with Crippen molar-refractivity contribution in [2.75, 3.05) is 38.0 Å². The van der Waals surface area contributed by atoms with Crippen molar-refractivity contribution in [3.63, 3.8) is 0 Å². The third kappa shape index (κ3) is 6.11. The molecule has 1 aliphatic carbocycles. The van der Waals surface area contributed by atoms with Crippen LogP contribution in [0.2, 0.25) is 0 Å². The molecule has 0 bridgehead atoms. The van der Waals surface area contributed by atoms with Gasteiger partial charge in [-0.25, -0.2) is 13.2 Å². The first-order valence-electron chi connectivity index (χ1n) is 11.0. The number of ether oxygens (including phenoxy) is 1. The predicted molar refractivity (Wildman–Crippen MR) is 128 cm³/mol. The van der Waals surface area contributed by atoms with E-state index in [4.69, 9.17) is 4.74 Å². The second-order valence-electron chi connectivity index (χ2n) is 8.37. The lowest BCUT2D eigenvalue weighted by molar-refractivity contribution is -0.119. The van der Waals surface area contributed by atoms with E-state index in [0.717, 1.165) is 37.8 Å². The molecule has 0 aliphatic heterocycles. The Hall–Kier alpha value is -2.91. The molecule has 8 nitrogen and oxygen atoms in total. The van der Waals surface area contributed by atoms with Crippen LogP contribution in [0.4, 0.5) is 11.4 Å². The molecule has 0 saturated heterocycles. The van der Waals surface area contributed by atoms with Crippen molar-refractivity contribution >= 4 is 33.3 Å². The number of amides is 1. The maximum absolute atomic E-state index is 13.2. The maximum Gasteiger partial charge on any atom is 0.338 e. The highest BCUT2D eigenvalue weighted by Gasteiger charge is 2.31. The zero-order chi connectivity index (χ0) is 24.0. The van der Waals surface area contributed by atoms with Crippen LogP contribution in [0.1, 0.15) is 42.5 Å². The van der Waals surface area contributed by atoms with Gasteiger partial charge in [0.2, 0.25) is 10.0 Å². The van der Waals surface area contributed by atoms with Crippen molar-refractivity contribution in [3.8, 4) is 0 Å². The lowest BCUT2D eigenvalue weighted by Gasteiger charge is -2.30. The summed E-state index contributed by atoms with van der Waals surface area (Å²) in [6.07, 6.45) is 4.79. The van der Waals surface area contributed by atoms with Gasteiger partial charge in [0.05, 0.1) is 11.3 Å². The molecule has 1 N–H and O–H groups in total. The quantitative estimate of drug-likeness (QED) is 0.590. The molecule has 0 aromatic heterocycles. The smallest absolute Gasteiger partial charge is 0.338 e. The van der Waals surface area contributed by atoms with Gasteiger partial charge in [-0.2, -0.15) is 4.31 Å². The lowest BCUT2D eigenvalue weighted by atomic mass is 9.96. The van der Waals surface area contributed by atoms with Crippen LogP contribution in [-0.4, -0.2) is 58.4 Å². The number of carbonyl (C=O) groups excluding carboxylic acids is 2. The monoisotopic (exact) mass is 473 g/mol. The highest BCUT2D eigenvalue weighted by atomic mass is 32.2. The molecule has 1 aliphatic rings. The van der Waals surface area contributed by atoms with E-state index >= 15 is 0 Å². The summed E-state index contributed by atoms with van der Waals surface area (Å²) in [6.45, 7) is -0.527. The van der Waals surface area contributed by atoms with E-state index in [9.17, 15) is 18.0 Å². The average molecular weight is 474 g/mol. The van der Waals surface area contributed by atoms with Crippen LogP contribution in [0.15, 0.2) is 53.4 Å². The van der Waals surface area contributed by atoms with E-state index in [2.05, 4.69) is 5.32 Å². The Kier molecular flexibility index (Phi) is 8.10. The fraction of sp³-hybridized carbons (Fsp3) is 0.417. The fourth-order valence-corrected chi connectivity index (χ4v) is 5.45. The molecule has 1 amide bonds. The third-order valence-electron chi connectivity index (χ3n) is 5.86. The van der Waals surface area contributed by atoms with Gasteiger partial charge in [0.1, 0.15) is 4.90 Å². The van der Waals surface area contributed by atoms with E-state index in [-0.39, 0.29) is 16.6 Å². The van der Waals surface area contributed by atoms with Crippen molar-refractivity contribution in [1.29, 1.82) is 0 Å². The number of nitrogens with one attached hydrogen (secondary N) is 1. The van der Waals surface area contributed by atoms with E-state index in [1.807, 2.05) is 19.0 Å². The molecule has 0 unspecified atom stereocenters.